The summed E-state index contributed by atoms with van der Waals surface area (Å²) in [5, 5.41) is 0.374. The fourth-order valence-electron chi connectivity index (χ4n) is 2.15. The van der Waals surface area contributed by atoms with Gasteiger partial charge in [-0.2, -0.15) is 0 Å². The van der Waals surface area contributed by atoms with Crippen LogP contribution in [0.3, 0.4) is 0 Å². The lowest BCUT2D eigenvalue weighted by Gasteiger charge is -2.12. The molecule has 0 bridgehead atoms. The minimum absolute atomic E-state index is 0.102. The molecule has 2 heterocycles. The molecule has 1 aliphatic rings. The van der Waals surface area contributed by atoms with E-state index in [9.17, 15) is 19.2 Å². The summed E-state index contributed by atoms with van der Waals surface area (Å²) in [6, 6.07) is 10.1. The lowest BCUT2D eigenvalue weighted by molar-refractivity contribution is -0.0588. The van der Waals surface area contributed by atoms with Crippen molar-refractivity contribution in [3.05, 3.63) is 65.0 Å². The van der Waals surface area contributed by atoms with Crippen molar-refractivity contribution in [2.45, 2.75) is 0 Å². The first-order valence-electron chi connectivity index (χ1n) is 6.78. The van der Waals surface area contributed by atoms with Gasteiger partial charge in [0.05, 0.1) is 18.2 Å². The molecule has 1 aliphatic heterocycles. The van der Waals surface area contributed by atoms with Crippen LogP contribution in [0.2, 0.25) is 0 Å². The molecule has 0 fully saturated rings. The Balaban J connectivity index is 1.83. The molecule has 2 aromatic rings. The molecule has 8 nitrogen and oxygen atoms in total. The smallest absolute Gasteiger partial charge is 0.382 e. The van der Waals surface area contributed by atoms with Gasteiger partial charge in [-0.3, -0.25) is 9.59 Å². The molecule has 8 heteroatoms. The summed E-state index contributed by atoms with van der Waals surface area (Å²) in [7, 11) is 1.17. The van der Waals surface area contributed by atoms with Crippen molar-refractivity contribution in [3.63, 3.8) is 0 Å². The van der Waals surface area contributed by atoms with Gasteiger partial charge in [0.2, 0.25) is 0 Å². The molecular formula is C16H10N2O6. The van der Waals surface area contributed by atoms with Crippen LogP contribution in [0.25, 0.3) is 0 Å². The zero-order valence-corrected chi connectivity index (χ0v) is 12.4. The van der Waals surface area contributed by atoms with Crippen molar-refractivity contribution in [2.24, 2.45) is 0 Å². The number of hydrogen-bond acceptors (Lipinski definition) is 7. The van der Waals surface area contributed by atoms with Crippen LogP contribution >= 0.6 is 0 Å². The summed E-state index contributed by atoms with van der Waals surface area (Å²) >= 11 is 0. The van der Waals surface area contributed by atoms with Crippen LogP contribution in [0.15, 0.2) is 42.5 Å². The minimum Gasteiger partial charge on any atom is -0.464 e. The van der Waals surface area contributed by atoms with Crippen molar-refractivity contribution >= 4 is 23.8 Å². The third-order valence-electron chi connectivity index (χ3n) is 3.28. The summed E-state index contributed by atoms with van der Waals surface area (Å²) in [5.41, 5.74) is -0.0538. The molecule has 0 aliphatic carbocycles. The number of imide groups is 1. The lowest BCUT2D eigenvalue weighted by Crippen LogP contribution is -2.33. The number of hydrogen-bond donors (Lipinski definition) is 0. The van der Waals surface area contributed by atoms with Gasteiger partial charge in [0.15, 0.2) is 5.69 Å². The first-order chi connectivity index (χ1) is 11.5. The van der Waals surface area contributed by atoms with Gasteiger partial charge in [-0.25, -0.2) is 14.6 Å². The first-order valence-corrected chi connectivity index (χ1v) is 6.78. The maximum atomic E-state index is 12.1. The Kier molecular flexibility index (Phi) is 3.78. The van der Waals surface area contributed by atoms with Crippen LogP contribution in [0.4, 0.5) is 0 Å². The molecule has 0 saturated carbocycles. The number of hydroxylamine groups is 2. The summed E-state index contributed by atoms with van der Waals surface area (Å²) in [5.74, 6) is -3.26. The molecule has 1 aromatic carbocycles. The highest BCUT2D eigenvalue weighted by Crippen LogP contribution is 2.23. The van der Waals surface area contributed by atoms with Crippen LogP contribution in [0, 0.1) is 0 Å². The molecule has 0 unspecified atom stereocenters. The maximum absolute atomic E-state index is 12.1. The number of pyridine rings is 1. The number of amides is 2. The molecule has 24 heavy (non-hydrogen) atoms. The van der Waals surface area contributed by atoms with E-state index in [1.165, 1.54) is 37.4 Å². The van der Waals surface area contributed by atoms with Crippen molar-refractivity contribution in [1.82, 2.24) is 10.0 Å². The van der Waals surface area contributed by atoms with Gasteiger partial charge in [0, 0.05) is 0 Å². The molecule has 0 N–H and O–H groups in total. The minimum atomic E-state index is -1.05. The molecule has 0 radical (unpaired) electrons. The largest absolute Gasteiger partial charge is 0.464 e. The normalized spacial score (nSPS) is 12.8. The molecule has 0 atom stereocenters. The summed E-state index contributed by atoms with van der Waals surface area (Å²) in [6.07, 6.45) is 0. The van der Waals surface area contributed by atoms with Gasteiger partial charge >= 0.3 is 11.9 Å². The van der Waals surface area contributed by atoms with E-state index in [1.54, 1.807) is 12.1 Å². The molecular weight excluding hydrogens is 316 g/mol. The van der Waals surface area contributed by atoms with E-state index < -0.39 is 23.8 Å². The zero-order valence-electron chi connectivity index (χ0n) is 12.4. The number of ether oxygens (including phenoxy) is 1. The third kappa shape index (κ3) is 2.50. The van der Waals surface area contributed by atoms with Crippen LogP contribution in [0.5, 0.6) is 0 Å². The van der Waals surface area contributed by atoms with Gasteiger partial charge in [-0.1, -0.05) is 23.3 Å². The molecule has 0 saturated heterocycles. The fourth-order valence-corrected chi connectivity index (χ4v) is 2.15. The molecule has 2 amide bonds. The van der Waals surface area contributed by atoms with E-state index in [0.717, 1.165) is 0 Å². The van der Waals surface area contributed by atoms with Crippen LogP contribution in [-0.2, 0) is 9.57 Å². The number of esters is 1. The second-order valence-corrected chi connectivity index (χ2v) is 4.73. The Labute approximate surface area is 135 Å². The summed E-state index contributed by atoms with van der Waals surface area (Å²) in [4.78, 5) is 56.5. The van der Waals surface area contributed by atoms with Crippen LogP contribution in [0.1, 0.15) is 41.7 Å². The average molecular weight is 326 g/mol. The van der Waals surface area contributed by atoms with Gasteiger partial charge in [0.1, 0.15) is 5.69 Å². The standard InChI is InChI=1S/C16H10N2O6/c1-23-15(21)11-7-4-8-12(17-11)16(22)24-18-13(19)9-5-2-3-6-10(9)14(18)20/h2-8H,1H3. The third-order valence-corrected chi connectivity index (χ3v) is 3.28. The number of benzene rings is 1. The number of nitrogens with zero attached hydrogens (tertiary/aromatic N) is 2. The second kappa shape index (κ2) is 5.92. The van der Waals surface area contributed by atoms with Gasteiger partial charge < -0.3 is 9.57 Å². The Morgan fingerprint density at radius 1 is 0.875 bits per heavy atom. The Morgan fingerprint density at radius 2 is 1.42 bits per heavy atom. The van der Waals surface area contributed by atoms with E-state index in [-0.39, 0.29) is 22.5 Å². The number of carbonyl (C=O) groups excluding carboxylic acids is 4. The predicted octanol–water partition coefficient (Wildman–Crippen LogP) is 1.24. The number of rotatable bonds is 3. The zero-order chi connectivity index (χ0) is 17.3. The fraction of sp³-hybridized carbons (Fsp3) is 0.0625. The molecule has 3 rings (SSSR count). The van der Waals surface area contributed by atoms with Gasteiger partial charge in [0.25, 0.3) is 11.8 Å². The maximum Gasteiger partial charge on any atom is 0.382 e. The van der Waals surface area contributed by atoms with Crippen molar-refractivity contribution in [3.8, 4) is 0 Å². The SMILES string of the molecule is COC(=O)c1cccc(C(=O)ON2C(=O)c3ccccc3C2=O)n1. The predicted molar refractivity (Wildman–Crippen MR) is 77.9 cm³/mol. The van der Waals surface area contributed by atoms with Crippen molar-refractivity contribution in [2.75, 3.05) is 7.11 Å². The van der Waals surface area contributed by atoms with Gasteiger partial charge in [-0.05, 0) is 24.3 Å². The Morgan fingerprint density at radius 3 is 1.96 bits per heavy atom. The van der Waals surface area contributed by atoms with E-state index >= 15 is 0 Å². The van der Waals surface area contributed by atoms with E-state index in [2.05, 4.69) is 9.72 Å². The average Bonchev–Trinajstić information content (AvgIpc) is 2.86. The highest BCUT2D eigenvalue weighted by molar-refractivity contribution is 6.21. The molecule has 120 valence electrons. The number of methoxy groups -OCH3 is 1. The van der Waals surface area contributed by atoms with E-state index in [1.807, 2.05) is 0 Å². The van der Waals surface area contributed by atoms with Crippen molar-refractivity contribution in [1.29, 1.82) is 0 Å². The van der Waals surface area contributed by atoms with E-state index in [4.69, 9.17) is 4.84 Å². The number of carbonyl (C=O) groups is 4. The van der Waals surface area contributed by atoms with Crippen LogP contribution < -0.4 is 0 Å². The Hall–Kier alpha value is -3.55. The topological polar surface area (TPSA) is 103 Å². The second-order valence-electron chi connectivity index (χ2n) is 4.73. The van der Waals surface area contributed by atoms with Crippen LogP contribution in [-0.4, -0.2) is 40.9 Å². The lowest BCUT2D eigenvalue weighted by atomic mass is 10.1. The monoisotopic (exact) mass is 326 g/mol. The quantitative estimate of drug-likeness (QED) is 0.617. The van der Waals surface area contributed by atoms with Gasteiger partial charge in [-0.15, -0.1) is 0 Å². The highest BCUT2D eigenvalue weighted by atomic mass is 16.7. The van der Waals surface area contributed by atoms with Crippen molar-refractivity contribution < 1.29 is 28.8 Å². The number of aromatic nitrogens is 1. The Bertz CT molecular complexity index is 841. The first kappa shape index (κ1) is 15.3. The summed E-state index contributed by atoms with van der Waals surface area (Å²) in [6.45, 7) is 0. The van der Waals surface area contributed by atoms with E-state index in [0.29, 0.717) is 5.06 Å². The molecule has 0 spiro atoms. The molecule has 1 aromatic heterocycles. The number of fused-ring (bicyclic) bond motifs is 1. The highest BCUT2D eigenvalue weighted by Gasteiger charge is 2.39. The summed E-state index contributed by atoms with van der Waals surface area (Å²) < 4.78 is 4.51.